The van der Waals surface area contributed by atoms with Gasteiger partial charge in [0, 0.05) is 38.1 Å². The number of anilines is 1. The van der Waals surface area contributed by atoms with Gasteiger partial charge in [0.05, 0.1) is 6.54 Å². The average molecular weight is 472 g/mol. The molecule has 7 heteroatoms. The summed E-state index contributed by atoms with van der Waals surface area (Å²) in [5, 5.41) is 8.91. The zero-order valence-electron chi connectivity index (χ0n) is 15.7. The molecule has 0 fully saturated rings. The van der Waals surface area contributed by atoms with Crippen LogP contribution in [0.15, 0.2) is 29.3 Å². The highest BCUT2D eigenvalue weighted by molar-refractivity contribution is 14.0. The van der Waals surface area contributed by atoms with Crippen LogP contribution in [0.5, 0.6) is 0 Å². The number of amides is 1. The van der Waals surface area contributed by atoms with E-state index in [1.807, 2.05) is 6.07 Å². The van der Waals surface area contributed by atoms with E-state index in [0.717, 1.165) is 25.1 Å². The van der Waals surface area contributed by atoms with Crippen LogP contribution in [-0.4, -0.2) is 45.2 Å². The number of aliphatic imine (C=N–C) groups is 1. The van der Waals surface area contributed by atoms with Gasteiger partial charge in [-0.1, -0.05) is 25.8 Å². The van der Waals surface area contributed by atoms with Crippen LogP contribution >= 0.6 is 24.0 Å². The number of carbonyl (C=O) groups is 1. The number of terminal acetylenes is 1. The molecule has 0 atom stereocenters. The maximum Gasteiger partial charge on any atom is 0.243 e. The number of guanidine groups is 1. The van der Waals surface area contributed by atoms with Gasteiger partial charge in [-0.3, -0.25) is 9.79 Å². The smallest absolute Gasteiger partial charge is 0.243 e. The topological polar surface area (TPSA) is 74.8 Å². The number of hydrogen-bond acceptors (Lipinski definition) is 3. The van der Waals surface area contributed by atoms with Crippen LogP contribution in [0.2, 0.25) is 0 Å². The molecule has 0 saturated carbocycles. The van der Waals surface area contributed by atoms with Crippen molar-refractivity contribution in [2.24, 2.45) is 10.9 Å². The summed E-state index contributed by atoms with van der Waals surface area (Å²) >= 11 is 0. The van der Waals surface area contributed by atoms with Crippen LogP contribution in [-0.2, 0) is 9.53 Å². The third-order valence-electron chi connectivity index (χ3n) is 3.16. The minimum absolute atomic E-state index is 0. The number of rotatable bonds is 9. The zero-order valence-corrected chi connectivity index (χ0v) is 18.0. The fourth-order valence-electron chi connectivity index (χ4n) is 1.98. The van der Waals surface area contributed by atoms with Crippen LogP contribution in [0, 0.1) is 18.3 Å². The van der Waals surface area contributed by atoms with Crippen LogP contribution in [0.3, 0.4) is 0 Å². The van der Waals surface area contributed by atoms with E-state index in [1.165, 1.54) is 0 Å². The van der Waals surface area contributed by atoms with Crippen molar-refractivity contribution in [1.82, 2.24) is 10.6 Å². The highest BCUT2D eigenvalue weighted by Gasteiger charge is 2.04. The van der Waals surface area contributed by atoms with Crippen molar-refractivity contribution >= 4 is 41.5 Å². The fourth-order valence-corrected chi connectivity index (χ4v) is 1.98. The summed E-state index contributed by atoms with van der Waals surface area (Å²) in [4.78, 5) is 16.1. The van der Waals surface area contributed by atoms with Gasteiger partial charge in [-0.2, -0.15) is 0 Å². The van der Waals surface area contributed by atoms with Crippen molar-refractivity contribution in [2.45, 2.75) is 20.3 Å². The van der Waals surface area contributed by atoms with E-state index in [0.29, 0.717) is 24.2 Å². The summed E-state index contributed by atoms with van der Waals surface area (Å²) in [5.41, 5.74) is 1.40. The average Bonchev–Trinajstić information content (AvgIpc) is 2.60. The zero-order chi connectivity index (χ0) is 18.5. The molecular formula is C19H29IN4O2. The van der Waals surface area contributed by atoms with Gasteiger partial charge in [0.25, 0.3) is 0 Å². The first kappa shape index (κ1) is 24.2. The van der Waals surface area contributed by atoms with Crippen LogP contribution in [0.25, 0.3) is 0 Å². The third-order valence-corrected chi connectivity index (χ3v) is 3.16. The number of nitrogens with one attached hydrogen (secondary N) is 3. The van der Waals surface area contributed by atoms with Crippen LogP contribution < -0.4 is 16.0 Å². The molecule has 1 aromatic carbocycles. The Balaban J connectivity index is 0.00000625. The largest absolute Gasteiger partial charge is 0.381 e. The highest BCUT2D eigenvalue weighted by atomic mass is 127. The van der Waals surface area contributed by atoms with Crippen molar-refractivity contribution in [3.05, 3.63) is 29.8 Å². The van der Waals surface area contributed by atoms with Gasteiger partial charge >= 0.3 is 0 Å². The Labute approximate surface area is 173 Å². The van der Waals surface area contributed by atoms with Gasteiger partial charge in [0.1, 0.15) is 0 Å². The van der Waals surface area contributed by atoms with Gasteiger partial charge in [-0.05, 0) is 30.5 Å². The minimum Gasteiger partial charge on any atom is -0.381 e. The monoisotopic (exact) mass is 472 g/mol. The second-order valence-corrected chi connectivity index (χ2v) is 5.95. The van der Waals surface area contributed by atoms with Crippen molar-refractivity contribution in [1.29, 1.82) is 0 Å². The van der Waals surface area contributed by atoms with Crippen LogP contribution in [0.1, 0.15) is 25.8 Å². The second-order valence-electron chi connectivity index (χ2n) is 5.95. The number of hydrogen-bond donors (Lipinski definition) is 3. The van der Waals surface area contributed by atoms with E-state index >= 15 is 0 Å². The maximum atomic E-state index is 12.0. The lowest BCUT2D eigenvalue weighted by atomic mass is 10.2. The molecule has 0 aromatic heterocycles. The van der Waals surface area contributed by atoms with Crippen molar-refractivity contribution < 1.29 is 9.53 Å². The molecule has 0 bridgehead atoms. The van der Waals surface area contributed by atoms with E-state index in [4.69, 9.17) is 11.2 Å². The number of halogens is 1. The standard InChI is InChI=1S/C19H28N4O2.HI/c1-5-16-8-6-9-17(12-16)23-18(24)13-22-19(20-4)21-10-7-11-25-14-15(2)3;/h1,6,8-9,12,15H,7,10-11,13-14H2,2-4H3,(H,23,24)(H2,20,21,22);1H. The minimum atomic E-state index is -0.169. The molecule has 0 unspecified atom stereocenters. The highest BCUT2D eigenvalue weighted by Crippen LogP contribution is 2.09. The number of nitrogens with zero attached hydrogens (tertiary/aromatic N) is 1. The molecule has 0 radical (unpaired) electrons. The van der Waals surface area contributed by atoms with Gasteiger partial charge in [-0.25, -0.2) is 0 Å². The first-order valence-corrected chi connectivity index (χ1v) is 8.44. The number of benzene rings is 1. The Bertz CT molecular complexity index is 612. The van der Waals surface area contributed by atoms with E-state index in [9.17, 15) is 4.79 Å². The lowest BCUT2D eigenvalue weighted by Gasteiger charge is -2.12. The molecule has 26 heavy (non-hydrogen) atoms. The Morgan fingerprint density at radius 2 is 2.12 bits per heavy atom. The summed E-state index contributed by atoms with van der Waals surface area (Å²) in [6.07, 6.45) is 6.22. The molecule has 144 valence electrons. The van der Waals surface area contributed by atoms with E-state index < -0.39 is 0 Å². The fraction of sp³-hybridized carbons (Fsp3) is 0.474. The number of carbonyl (C=O) groups excluding carboxylic acids is 1. The van der Waals surface area contributed by atoms with Crippen molar-refractivity contribution in [3.8, 4) is 12.3 Å². The van der Waals surface area contributed by atoms with Crippen molar-refractivity contribution in [2.75, 3.05) is 38.7 Å². The Hall–Kier alpha value is -1.79. The lowest BCUT2D eigenvalue weighted by Crippen LogP contribution is -2.41. The Morgan fingerprint density at radius 1 is 1.35 bits per heavy atom. The molecule has 0 heterocycles. The van der Waals surface area contributed by atoms with Gasteiger partial charge in [0.2, 0.25) is 5.91 Å². The first-order valence-electron chi connectivity index (χ1n) is 8.44. The molecule has 0 aliphatic rings. The maximum absolute atomic E-state index is 12.0. The Kier molecular flexibility index (Phi) is 13.4. The third kappa shape index (κ3) is 10.9. The van der Waals surface area contributed by atoms with Gasteiger partial charge in [-0.15, -0.1) is 30.4 Å². The SMILES string of the molecule is C#Cc1cccc(NC(=O)CNC(=NC)NCCCOCC(C)C)c1.I. The van der Waals surface area contributed by atoms with E-state index in [2.05, 4.69) is 40.7 Å². The first-order chi connectivity index (χ1) is 12.0. The summed E-state index contributed by atoms with van der Waals surface area (Å²) in [6.45, 7) is 6.56. The summed E-state index contributed by atoms with van der Waals surface area (Å²) in [5.74, 6) is 3.49. The summed E-state index contributed by atoms with van der Waals surface area (Å²) in [6, 6.07) is 7.16. The summed E-state index contributed by atoms with van der Waals surface area (Å²) in [7, 11) is 1.67. The van der Waals surface area contributed by atoms with Gasteiger partial charge in [0.15, 0.2) is 5.96 Å². The normalized spacial score (nSPS) is 10.7. The molecule has 0 aliphatic carbocycles. The Morgan fingerprint density at radius 3 is 2.77 bits per heavy atom. The molecule has 0 aliphatic heterocycles. The molecule has 1 rings (SSSR count). The number of ether oxygens (including phenoxy) is 1. The molecule has 6 nitrogen and oxygen atoms in total. The molecule has 0 spiro atoms. The van der Waals surface area contributed by atoms with E-state index in [1.54, 1.807) is 25.2 Å². The van der Waals surface area contributed by atoms with Crippen molar-refractivity contribution in [3.63, 3.8) is 0 Å². The predicted molar refractivity (Wildman–Crippen MR) is 118 cm³/mol. The molecule has 0 saturated heterocycles. The second kappa shape index (κ2) is 14.4. The van der Waals surface area contributed by atoms with Crippen LogP contribution in [0.4, 0.5) is 5.69 Å². The quantitative estimate of drug-likeness (QED) is 0.170. The molecule has 1 amide bonds. The molecular weight excluding hydrogens is 443 g/mol. The van der Waals surface area contributed by atoms with E-state index in [-0.39, 0.29) is 36.4 Å². The predicted octanol–water partition coefficient (Wildman–Crippen LogP) is 2.45. The molecule has 1 aromatic rings. The summed E-state index contributed by atoms with van der Waals surface area (Å²) < 4.78 is 5.52. The lowest BCUT2D eigenvalue weighted by molar-refractivity contribution is -0.115. The van der Waals surface area contributed by atoms with Gasteiger partial charge < -0.3 is 20.7 Å². The molecule has 3 N–H and O–H groups in total.